The summed E-state index contributed by atoms with van der Waals surface area (Å²) in [5.74, 6) is 2.71. The van der Waals surface area contributed by atoms with Gasteiger partial charge in [0.1, 0.15) is 0 Å². The Kier molecular flexibility index (Phi) is 5.51. The van der Waals surface area contributed by atoms with Gasteiger partial charge in [0.25, 0.3) is 5.91 Å². The van der Waals surface area contributed by atoms with Crippen LogP contribution >= 0.6 is 0 Å². The smallest absolute Gasteiger partial charge is 0.271 e. The molecular formula is C27H37N3O2. The number of carbonyl (C=O) groups is 1. The molecule has 5 nitrogen and oxygen atoms in total. The summed E-state index contributed by atoms with van der Waals surface area (Å²) in [6.45, 7) is 7.02. The summed E-state index contributed by atoms with van der Waals surface area (Å²) in [7, 11) is 0. The van der Waals surface area contributed by atoms with Crippen LogP contribution in [0.3, 0.4) is 0 Å². The fraction of sp³-hybridized carbons (Fsp3) is 0.667. The molecule has 32 heavy (non-hydrogen) atoms. The number of aromatic nitrogens is 1. The van der Waals surface area contributed by atoms with Gasteiger partial charge in [-0.3, -0.25) is 9.78 Å². The van der Waals surface area contributed by atoms with E-state index in [1.165, 1.54) is 37.7 Å². The number of pyridine rings is 1. The van der Waals surface area contributed by atoms with Crippen LogP contribution < -0.4 is 5.43 Å². The molecule has 4 aliphatic rings. The van der Waals surface area contributed by atoms with Gasteiger partial charge in [0.15, 0.2) is 0 Å². The number of hydrogen-bond donors (Lipinski definition) is 2. The van der Waals surface area contributed by atoms with Gasteiger partial charge in [-0.15, -0.1) is 0 Å². The third-order valence-corrected chi connectivity index (χ3v) is 9.88. The third-order valence-electron chi connectivity index (χ3n) is 9.88. The zero-order valence-electron chi connectivity index (χ0n) is 19.7. The molecule has 0 radical (unpaired) electrons. The number of rotatable bonds is 3. The number of hydrazone groups is 1. The lowest BCUT2D eigenvalue weighted by Crippen LogP contribution is -2.53. The Bertz CT molecular complexity index is 941. The Morgan fingerprint density at radius 1 is 1.12 bits per heavy atom. The molecule has 2 N–H and O–H groups in total. The first kappa shape index (κ1) is 21.8. The highest BCUT2D eigenvalue weighted by Crippen LogP contribution is 2.66. The van der Waals surface area contributed by atoms with Crippen LogP contribution in [0.1, 0.15) is 82.5 Å². The van der Waals surface area contributed by atoms with Gasteiger partial charge in [0, 0.05) is 18.0 Å². The first-order valence-electron chi connectivity index (χ1n) is 12.5. The van der Waals surface area contributed by atoms with Gasteiger partial charge >= 0.3 is 0 Å². The minimum absolute atomic E-state index is 0.0838. The monoisotopic (exact) mass is 435 g/mol. The minimum atomic E-state index is -0.193. The number of amides is 1. The Labute approximate surface area is 191 Å². The standard InChI is InChI=1S/C27H37N3O2/c1-17(29-30-25(32)18-10-14-28-15-11-18)22-6-7-23-21-5-4-19-16-20(31)8-12-26(19,2)24(21)9-13-27(22,23)3/h6,10-11,14-15,19-21,23-24,31H,4-5,7-9,12-13,16H2,1-3H3,(H,30,32)/t19-,20-,21+,23+,24+,26-,27+/m0/s1. The molecule has 1 aromatic heterocycles. The molecule has 1 amide bonds. The van der Waals surface area contributed by atoms with E-state index in [1.807, 2.05) is 6.92 Å². The van der Waals surface area contributed by atoms with Gasteiger partial charge in [0.2, 0.25) is 0 Å². The lowest BCUT2D eigenvalue weighted by molar-refractivity contribution is -0.117. The SMILES string of the molecule is CC(=NNC(=O)c1ccncc1)C1=CC[C@@H]2[C@H]3CC[C@H]4C[C@@H](O)CC[C@]4(C)[C@@H]3CC[C@]12C. The van der Waals surface area contributed by atoms with Gasteiger partial charge in [-0.05, 0) is 110 Å². The van der Waals surface area contributed by atoms with E-state index >= 15 is 0 Å². The molecule has 3 fully saturated rings. The number of carbonyl (C=O) groups excluding carboxylic acids is 1. The van der Waals surface area contributed by atoms with E-state index in [1.54, 1.807) is 24.5 Å². The van der Waals surface area contributed by atoms with Crippen molar-refractivity contribution in [3.63, 3.8) is 0 Å². The Hall–Kier alpha value is -2.01. The first-order valence-corrected chi connectivity index (χ1v) is 12.5. The summed E-state index contributed by atoms with van der Waals surface area (Å²) < 4.78 is 0. The van der Waals surface area contributed by atoms with E-state index in [-0.39, 0.29) is 17.4 Å². The maximum atomic E-state index is 12.4. The fourth-order valence-electron chi connectivity index (χ4n) is 8.13. The van der Waals surface area contributed by atoms with Crippen molar-refractivity contribution in [2.75, 3.05) is 0 Å². The maximum absolute atomic E-state index is 12.4. The van der Waals surface area contributed by atoms with E-state index < -0.39 is 0 Å². The lowest BCUT2D eigenvalue weighted by Gasteiger charge is -2.60. The number of fused-ring (bicyclic) bond motifs is 5. The van der Waals surface area contributed by atoms with Crippen LogP contribution in [0.4, 0.5) is 0 Å². The van der Waals surface area contributed by atoms with Crippen molar-refractivity contribution in [1.29, 1.82) is 0 Å². The van der Waals surface area contributed by atoms with Crippen molar-refractivity contribution in [3.05, 3.63) is 41.7 Å². The summed E-state index contributed by atoms with van der Waals surface area (Å²) >= 11 is 0. The van der Waals surface area contributed by atoms with E-state index in [0.29, 0.717) is 22.8 Å². The normalized spacial score (nSPS) is 41.2. The van der Waals surface area contributed by atoms with Crippen LogP contribution in [0.25, 0.3) is 0 Å². The molecule has 0 spiro atoms. The van der Waals surface area contributed by atoms with Gasteiger partial charge in [-0.2, -0.15) is 5.10 Å². The summed E-state index contributed by atoms with van der Waals surface area (Å²) in [5.41, 5.74) is 6.14. The first-order chi connectivity index (χ1) is 15.3. The van der Waals surface area contributed by atoms with Crippen LogP contribution in [-0.2, 0) is 0 Å². The molecule has 0 aromatic carbocycles. The molecule has 1 heterocycles. The Morgan fingerprint density at radius 2 is 1.91 bits per heavy atom. The van der Waals surface area contributed by atoms with E-state index in [9.17, 15) is 9.90 Å². The number of aliphatic hydroxyl groups is 1. The van der Waals surface area contributed by atoms with Crippen molar-refractivity contribution in [3.8, 4) is 0 Å². The number of allylic oxidation sites excluding steroid dienone is 2. The largest absolute Gasteiger partial charge is 0.393 e. The number of hydrogen-bond acceptors (Lipinski definition) is 4. The second-order valence-electron chi connectivity index (χ2n) is 11.3. The summed E-state index contributed by atoms with van der Waals surface area (Å²) in [6.07, 6.45) is 14.9. The molecule has 5 rings (SSSR count). The highest BCUT2D eigenvalue weighted by atomic mass is 16.3. The Morgan fingerprint density at radius 3 is 2.69 bits per heavy atom. The zero-order chi connectivity index (χ0) is 22.5. The highest BCUT2D eigenvalue weighted by Gasteiger charge is 2.58. The van der Waals surface area contributed by atoms with Crippen molar-refractivity contribution < 1.29 is 9.90 Å². The second kappa shape index (κ2) is 8.09. The molecule has 5 heteroatoms. The minimum Gasteiger partial charge on any atom is -0.393 e. The highest BCUT2D eigenvalue weighted by molar-refractivity contribution is 6.01. The lowest BCUT2D eigenvalue weighted by atomic mass is 9.44. The van der Waals surface area contributed by atoms with Crippen molar-refractivity contribution >= 4 is 11.6 Å². The maximum Gasteiger partial charge on any atom is 0.271 e. The molecule has 0 unspecified atom stereocenters. The summed E-state index contributed by atoms with van der Waals surface area (Å²) in [5, 5.41) is 14.8. The van der Waals surface area contributed by atoms with Crippen molar-refractivity contribution in [2.24, 2.45) is 39.6 Å². The molecule has 0 bridgehead atoms. The van der Waals surface area contributed by atoms with Gasteiger partial charge in [-0.25, -0.2) is 5.43 Å². The van der Waals surface area contributed by atoms with Crippen molar-refractivity contribution in [2.45, 2.75) is 78.2 Å². The molecule has 7 atom stereocenters. The van der Waals surface area contributed by atoms with Gasteiger partial charge < -0.3 is 5.11 Å². The average Bonchev–Trinajstić information content (AvgIpc) is 3.15. The predicted octanol–water partition coefficient (Wildman–Crippen LogP) is 5.13. The number of aliphatic hydroxyl groups excluding tert-OH is 1. The fourth-order valence-corrected chi connectivity index (χ4v) is 8.13. The van der Waals surface area contributed by atoms with Crippen LogP contribution in [0, 0.1) is 34.5 Å². The molecule has 172 valence electrons. The van der Waals surface area contributed by atoms with E-state index in [2.05, 4.69) is 35.4 Å². The molecule has 3 saturated carbocycles. The van der Waals surface area contributed by atoms with E-state index in [4.69, 9.17) is 0 Å². The number of nitrogens with one attached hydrogen (secondary N) is 1. The van der Waals surface area contributed by atoms with Crippen LogP contribution in [0.2, 0.25) is 0 Å². The summed E-state index contributed by atoms with van der Waals surface area (Å²) in [6, 6.07) is 3.41. The van der Waals surface area contributed by atoms with Crippen molar-refractivity contribution in [1.82, 2.24) is 10.4 Å². The summed E-state index contributed by atoms with van der Waals surface area (Å²) in [4.78, 5) is 16.4. The molecule has 4 aliphatic carbocycles. The van der Waals surface area contributed by atoms with Gasteiger partial charge in [0.05, 0.1) is 11.8 Å². The molecular weight excluding hydrogens is 398 g/mol. The zero-order valence-corrected chi connectivity index (χ0v) is 19.7. The quantitative estimate of drug-likeness (QED) is 0.511. The molecule has 0 saturated heterocycles. The molecule has 0 aliphatic heterocycles. The third kappa shape index (κ3) is 3.44. The topological polar surface area (TPSA) is 74.6 Å². The average molecular weight is 436 g/mol. The molecule has 1 aromatic rings. The Balaban J connectivity index is 1.32. The van der Waals surface area contributed by atoms with Crippen LogP contribution in [0.15, 0.2) is 41.3 Å². The van der Waals surface area contributed by atoms with Crippen LogP contribution in [-0.4, -0.2) is 27.8 Å². The predicted molar refractivity (Wildman–Crippen MR) is 126 cm³/mol. The number of nitrogens with zero attached hydrogens (tertiary/aromatic N) is 2. The van der Waals surface area contributed by atoms with Crippen LogP contribution in [0.5, 0.6) is 0 Å². The van der Waals surface area contributed by atoms with E-state index in [0.717, 1.165) is 36.8 Å². The second-order valence-corrected chi connectivity index (χ2v) is 11.3. The van der Waals surface area contributed by atoms with Gasteiger partial charge in [-0.1, -0.05) is 19.9 Å².